The summed E-state index contributed by atoms with van der Waals surface area (Å²) in [5, 5.41) is 9.98. The van der Waals surface area contributed by atoms with Crippen molar-refractivity contribution in [3.63, 3.8) is 0 Å². The van der Waals surface area contributed by atoms with Crippen molar-refractivity contribution in [2.24, 2.45) is 0 Å². The van der Waals surface area contributed by atoms with E-state index in [1.807, 2.05) is 42.5 Å². The molecule has 0 aliphatic rings. The van der Waals surface area contributed by atoms with E-state index in [0.29, 0.717) is 5.89 Å². The number of rotatable bonds is 5. The van der Waals surface area contributed by atoms with E-state index in [4.69, 9.17) is 9.40 Å². The van der Waals surface area contributed by atoms with Crippen LogP contribution in [0.1, 0.15) is 0 Å². The quantitative estimate of drug-likeness (QED) is 0.176. The van der Waals surface area contributed by atoms with Crippen molar-refractivity contribution in [3.8, 4) is 22.6 Å². The lowest BCUT2D eigenvalue weighted by Crippen LogP contribution is -2.10. The van der Waals surface area contributed by atoms with Crippen molar-refractivity contribution in [2.75, 3.05) is 4.90 Å². The van der Waals surface area contributed by atoms with Gasteiger partial charge in [-0.25, -0.2) is 4.98 Å². The number of nitrogens with zero attached hydrogens (tertiary/aromatic N) is 2. The summed E-state index contributed by atoms with van der Waals surface area (Å²) in [6.45, 7) is 0. The summed E-state index contributed by atoms with van der Waals surface area (Å²) in [7, 11) is 0. The molecular weight excluding hydrogens is 609 g/mol. The fraction of sp³-hybridized carbons (Fsp3) is 0. The van der Waals surface area contributed by atoms with Gasteiger partial charge in [-0.1, -0.05) is 127 Å². The SMILES string of the molecule is c1ccc(-c2nc3cccc(-c4ccc(N(c5ccc6ccccc6c5)c5ccc6c(ccc7c8ccccc8ccc67)c5)cc4)c3o2)cc1. The van der Waals surface area contributed by atoms with Crippen LogP contribution in [0.2, 0.25) is 0 Å². The van der Waals surface area contributed by atoms with Crippen molar-refractivity contribution in [1.29, 1.82) is 0 Å². The van der Waals surface area contributed by atoms with Crippen LogP contribution in [0.15, 0.2) is 186 Å². The van der Waals surface area contributed by atoms with Gasteiger partial charge in [0.25, 0.3) is 0 Å². The van der Waals surface area contributed by atoms with Gasteiger partial charge >= 0.3 is 0 Å². The molecule has 0 unspecified atom stereocenters. The lowest BCUT2D eigenvalue weighted by Gasteiger charge is -2.26. The Morgan fingerprint density at radius 3 is 1.80 bits per heavy atom. The summed E-state index contributed by atoms with van der Waals surface area (Å²) in [6, 6.07) is 64.7. The van der Waals surface area contributed by atoms with Crippen LogP contribution < -0.4 is 4.90 Å². The molecule has 1 aromatic heterocycles. The van der Waals surface area contributed by atoms with Crippen LogP contribution in [0.5, 0.6) is 0 Å². The summed E-state index contributed by atoms with van der Waals surface area (Å²) in [4.78, 5) is 7.15. The van der Waals surface area contributed by atoms with Crippen LogP contribution in [0.4, 0.5) is 17.1 Å². The highest BCUT2D eigenvalue weighted by atomic mass is 16.3. The van der Waals surface area contributed by atoms with Crippen LogP contribution in [0.3, 0.4) is 0 Å². The van der Waals surface area contributed by atoms with Gasteiger partial charge < -0.3 is 9.32 Å². The molecule has 0 saturated carbocycles. The van der Waals surface area contributed by atoms with E-state index in [-0.39, 0.29) is 0 Å². The van der Waals surface area contributed by atoms with Gasteiger partial charge in [0.2, 0.25) is 5.89 Å². The predicted octanol–water partition coefficient (Wildman–Crippen LogP) is 13.2. The molecule has 234 valence electrons. The molecule has 0 fully saturated rings. The van der Waals surface area contributed by atoms with Crippen molar-refractivity contribution in [2.45, 2.75) is 0 Å². The van der Waals surface area contributed by atoms with Crippen molar-refractivity contribution in [3.05, 3.63) is 182 Å². The Labute approximate surface area is 289 Å². The summed E-state index contributed by atoms with van der Waals surface area (Å²) in [6.07, 6.45) is 0. The van der Waals surface area contributed by atoms with Gasteiger partial charge in [-0.3, -0.25) is 0 Å². The maximum Gasteiger partial charge on any atom is 0.227 e. The Morgan fingerprint density at radius 1 is 0.380 bits per heavy atom. The molecule has 3 nitrogen and oxygen atoms in total. The van der Waals surface area contributed by atoms with Crippen LogP contribution in [0, 0.1) is 0 Å². The number of benzene rings is 9. The fourth-order valence-electron chi connectivity index (χ4n) is 7.39. The maximum atomic E-state index is 6.37. The molecule has 0 N–H and O–H groups in total. The molecular formula is C47H30N2O. The third-order valence-corrected chi connectivity index (χ3v) is 9.85. The third kappa shape index (κ3) is 4.71. The average Bonchev–Trinajstić information content (AvgIpc) is 3.63. The fourth-order valence-corrected chi connectivity index (χ4v) is 7.39. The Morgan fingerprint density at radius 2 is 0.980 bits per heavy atom. The lowest BCUT2D eigenvalue weighted by molar-refractivity contribution is 0.621. The number of fused-ring (bicyclic) bond motifs is 7. The Balaban J connectivity index is 1.10. The van der Waals surface area contributed by atoms with E-state index in [1.165, 1.54) is 43.1 Å². The van der Waals surface area contributed by atoms with Gasteiger partial charge in [0.05, 0.1) is 0 Å². The monoisotopic (exact) mass is 638 g/mol. The second-order valence-electron chi connectivity index (χ2n) is 12.8. The first-order valence-electron chi connectivity index (χ1n) is 17.0. The molecule has 0 aliphatic heterocycles. The predicted molar refractivity (Wildman–Crippen MR) is 210 cm³/mol. The third-order valence-electron chi connectivity index (χ3n) is 9.85. The summed E-state index contributed by atoms with van der Waals surface area (Å²) in [5.41, 5.74) is 7.98. The zero-order valence-corrected chi connectivity index (χ0v) is 27.1. The largest absolute Gasteiger partial charge is 0.435 e. The van der Waals surface area contributed by atoms with Crippen molar-refractivity contribution in [1.82, 2.24) is 4.98 Å². The van der Waals surface area contributed by atoms with Gasteiger partial charge in [-0.2, -0.15) is 0 Å². The number of aromatic nitrogens is 1. The van der Waals surface area contributed by atoms with E-state index in [2.05, 4.69) is 144 Å². The molecule has 0 spiro atoms. The minimum absolute atomic E-state index is 0.629. The zero-order chi connectivity index (χ0) is 33.0. The number of hydrogen-bond donors (Lipinski definition) is 0. The summed E-state index contributed by atoms with van der Waals surface area (Å²) in [5.74, 6) is 0.629. The first-order chi connectivity index (χ1) is 24.8. The molecule has 3 heteroatoms. The van der Waals surface area contributed by atoms with Crippen LogP contribution in [0.25, 0.3) is 76.8 Å². The first-order valence-corrected chi connectivity index (χ1v) is 17.0. The molecule has 0 aliphatic carbocycles. The van der Waals surface area contributed by atoms with Gasteiger partial charge in [-0.15, -0.1) is 0 Å². The van der Waals surface area contributed by atoms with E-state index in [9.17, 15) is 0 Å². The molecule has 0 amide bonds. The minimum atomic E-state index is 0.629. The normalized spacial score (nSPS) is 11.6. The highest BCUT2D eigenvalue weighted by molar-refractivity contribution is 6.17. The topological polar surface area (TPSA) is 29.3 Å². The van der Waals surface area contributed by atoms with Crippen molar-refractivity contribution >= 4 is 71.3 Å². The molecule has 9 aromatic carbocycles. The molecule has 10 rings (SSSR count). The Bertz CT molecular complexity index is 2870. The highest BCUT2D eigenvalue weighted by Gasteiger charge is 2.17. The van der Waals surface area contributed by atoms with Crippen molar-refractivity contribution < 1.29 is 4.42 Å². The van der Waals surface area contributed by atoms with E-state index in [0.717, 1.165) is 44.9 Å². The highest BCUT2D eigenvalue weighted by Crippen LogP contribution is 2.41. The van der Waals surface area contributed by atoms with E-state index < -0.39 is 0 Å². The number of hydrogen-bond acceptors (Lipinski definition) is 3. The first kappa shape index (κ1) is 28.3. The molecule has 1 heterocycles. The summed E-state index contributed by atoms with van der Waals surface area (Å²) < 4.78 is 6.37. The Kier molecular flexibility index (Phi) is 6.49. The standard InChI is InChI=1S/C47H30N2O/c1-2-11-34(12-3-1)47-48-45-16-8-15-42(46(45)50-47)33-18-22-37(23-19-33)49(38-24-17-31-9-4-5-13-35(31)29-38)39-25-28-41-36(30-39)21-27-43-40-14-7-6-10-32(40)20-26-44(41)43/h1-30H. The maximum absolute atomic E-state index is 6.37. The minimum Gasteiger partial charge on any atom is -0.435 e. The second kappa shape index (κ2) is 11.5. The Hall–Kier alpha value is -6.71. The number of oxazole rings is 1. The van der Waals surface area contributed by atoms with Gasteiger partial charge in [0.1, 0.15) is 5.52 Å². The molecule has 0 radical (unpaired) electrons. The smallest absolute Gasteiger partial charge is 0.227 e. The summed E-state index contributed by atoms with van der Waals surface area (Å²) >= 11 is 0. The number of anilines is 3. The lowest BCUT2D eigenvalue weighted by atomic mass is 9.96. The molecule has 0 bridgehead atoms. The van der Waals surface area contributed by atoms with Gasteiger partial charge in [-0.05, 0) is 103 Å². The van der Waals surface area contributed by atoms with Crippen LogP contribution >= 0.6 is 0 Å². The molecule has 10 aromatic rings. The van der Waals surface area contributed by atoms with Gasteiger partial charge in [0, 0.05) is 28.2 Å². The second-order valence-corrected chi connectivity index (χ2v) is 12.8. The molecule has 0 saturated heterocycles. The van der Waals surface area contributed by atoms with Crippen LogP contribution in [-0.4, -0.2) is 4.98 Å². The van der Waals surface area contributed by atoms with Gasteiger partial charge in [0.15, 0.2) is 5.58 Å². The molecule has 0 atom stereocenters. The van der Waals surface area contributed by atoms with E-state index in [1.54, 1.807) is 0 Å². The molecule has 50 heavy (non-hydrogen) atoms. The zero-order valence-electron chi connectivity index (χ0n) is 27.1. The van der Waals surface area contributed by atoms with E-state index >= 15 is 0 Å². The van der Waals surface area contributed by atoms with Crippen LogP contribution in [-0.2, 0) is 0 Å². The number of para-hydroxylation sites is 1. The average molecular weight is 639 g/mol.